The van der Waals surface area contributed by atoms with E-state index in [2.05, 4.69) is 10.6 Å². The van der Waals surface area contributed by atoms with Crippen molar-refractivity contribution in [3.63, 3.8) is 0 Å². The molecule has 0 aliphatic heterocycles. The highest BCUT2D eigenvalue weighted by atomic mass is 16.6. The Kier molecular flexibility index (Phi) is 7.77. The van der Waals surface area contributed by atoms with Crippen LogP contribution in [0.4, 0.5) is 11.4 Å². The molecule has 0 aromatic heterocycles. The van der Waals surface area contributed by atoms with E-state index < -0.39 is 29.5 Å². The number of carbonyl (C=O) groups is 2. The maximum atomic E-state index is 11.9. The molecule has 0 aliphatic carbocycles. The fourth-order valence-corrected chi connectivity index (χ4v) is 2.17. The van der Waals surface area contributed by atoms with E-state index in [0.717, 1.165) is 0 Å². The van der Waals surface area contributed by atoms with Gasteiger partial charge in [-0.2, -0.15) is 0 Å². The minimum Gasteiger partial charge on any atom is -0.479 e. The molecule has 2 aromatic rings. The number of rotatable bonds is 10. The predicted molar refractivity (Wildman–Crippen MR) is 102 cm³/mol. The standard InChI is InChI=1S/C19H21N3O6/c1-14(28-17-5-3-2-4-6-17)19(24)27-13-18(23)21-12-11-20-15-7-9-16(10-8-15)22(25)26/h2-10,14,20H,11-13H2,1H3,(H,21,23)/t14-/m0/s1. The number of anilines is 1. The van der Waals surface area contributed by atoms with Gasteiger partial charge >= 0.3 is 5.97 Å². The average Bonchev–Trinajstić information content (AvgIpc) is 2.70. The fraction of sp³-hybridized carbons (Fsp3) is 0.263. The summed E-state index contributed by atoms with van der Waals surface area (Å²) in [6.45, 7) is 1.84. The first kappa shape index (κ1) is 20.7. The average molecular weight is 387 g/mol. The molecule has 1 atom stereocenters. The first-order valence-corrected chi connectivity index (χ1v) is 8.59. The van der Waals surface area contributed by atoms with Crippen molar-refractivity contribution in [2.24, 2.45) is 0 Å². The number of hydrogen-bond donors (Lipinski definition) is 2. The van der Waals surface area contributed by atoms with Crippen molar-refractivity contribution in [1.82, 2.24) is 5.32 Å². The lowest BCUT2D eigenvalue weighted by Crippen LogP contribution is -2.35. The lowest BCUT2D eigenvalue weighted by molar-refractivity contribution is -0.384. The SMILES string of the molecule is C[C@H](Oc1ccccc1)C(=O)OCC(=O)NCCNc1ccc([N+](=O)[O-])cc1. The van der Waals surface area contributed by atoms with Gasteiger partial charge in [-0.15, -0.1) is 0 Å². The third-order valence-corrected chi connectivity index (χ3v) is 3.59. The summed E-state index contributed by atoms with van der Waals surface area (Å²) < 4.78 is 10.3. The quantitative estimate of drug-likeness (QED) is 0.277. The molecule has 9 heteroatoms. The Labute approximate surface area is 161 Å². The number of carbonyl (C=O) groups excluding carboxylic acids is 2. The summed E-state index contributed by atoms with van der Waals surface area (Å²) in [6, 6.07) is 14.8. The monoisotopic (exact) mass is 387 g/mol. The van der Waals surface area contributed by atoms with Crippen molar-refractivity contribution in [2.45, 2.75) is 13.0 Å². The van der Waals surface area contributed by atoms with Gasteiger partial charge in [-0.05, 0) is 31.2 Å². The van der Waals surface area contributed by atoms with Crippen LogP contribution in [0.15, 0.2) is 54.6 Å². The normalized spacial score (nSPS) is 11.2. The van der Waals surface area contributed by atoms with E-state index in [1.54, 1.807) is 43.3 Å². The molecular formula is C19H21N3O6. The molecule has 0 saturated heterocycles. The Morgan fingerprint density at radius 3 is 2.39 bits per heavy atom. The lowest BCUT2D eigenvalue weighted by atomic mass is 10.3. The first-order chi connectivity index (χ1) is 13.5. The second-order valence-corrected chi connectivity index (χ2v) is 5.76. The number of amides is 1. The van der Waals surface area contributed by atoms with E-state index in [0.29, 0.717) is 24.5 Å². The van der Waals surface area contributed by atoms with Crippen molar-refractivity contribution in [3.05, 3.63) is 64.7 Å². The molecule has 0 heterocycles. The number of esters is 1. The number of ether oxygens (including phenoxy) is 2. The summed E-state index contributed by atoms with van der Waals surface area (Å²) in [5, 5.41) is 16.2. The molecule has 2 aromatic carbocycles. The Morgan fingerprint density at radius 1 is 1.07 bits per heavy atom. The third kappa shape index (κ3) is 6.94. The van der Waals surface area contributed by atoms with E-state index in [4.69, 9.17) is 9.47 Å². The smallest absolute Gasteiger partial charge is 0.347 e. The zero-order valence-corrected chi connectivity index (χ0v) is 15.3. The molecule has 2 rings (SSSR count). The van der Waals surface area contributed by atoms with Gasteiger partial charge in [0.2, 0.25) is 0 Å². The van der Waals surface area contributed by atoms with Crippen LogP contribution in [-0.4, -0.2) is 42.6 Å². The Balaban J connectivity index is 1.61. The van der Waals surface area contributed by atoms with Crippen molar-refractivity contribution >= 4 is 23.3 Å². The molecule has 0 fully saturated rings. The van der Waals surface area contributed by atoms with Gasteiger partial charge in [0.25, 0.3) is 11.6 Å². The summed E-state index contributed by atoms with van der Waals surface area (Å²) in [4.78, 5) is 33.7. The summed E-state index contributed by atoms with van der Waals surface area (Å²) in [5.74, 6) is -0.539. The number of benzene rings is 2. The number of nitrogens with one attached hydrogen (secondary N) is 2. The van der Waals surface area contributed by atoms with E-state index >= 15 is 0 Å². The summed E-state index contributed by atoms with van der Waals surface area (Å²) in [6.07, 6.45) is -0.834. The van der Waals surface area contributed by atoms with Gasteiger partial charge in [-0.25, -0.2) is 4.79 Å². The minimum absolute atomic E-state index is 0.00569. The molecule has 0 aliphatic rings. The van der Waals surface area contributed by atoms with Crippen LogP contribution in [0.1, 0.15) is 6.92 Å². The van der Waals surface area contributed by atoms with Crippen molar-refractivity contribution < 1.29 is 24.0 Å². The molecular weight excluding hydrogens is 366 g/mol. The second-order valence-electron chi connectivity index (χ2n) is 5.76. The highest BCUT2D eigenvalue weighted by Gasteiger charge is 2.17. The van der Waals surface area contributed by atoms with Crippen molar-refractivity contribution in [2.75, 3.05) is 25.0 Å². The number of hydrogen-bond acceptors (Lipinski definition) is 7. The molecule has 2 N–H and O–H groups in total. The van der Waals surface area contributed by atoms with E-state index in [9.17, 15) is 19.7 Å². The number of non-ortho nitro benzene ring substituents is 1. The van der Waals surface area contributed by atoms with Gasteiger partial charge in [0.15, 0.2) is 12.7 Å². The van der Waals surface area contributed by atoms with Crippen LogP contribution in [0.2, 0.25) is 0 Å². The Hall–Kier alpha value is -3.62. The van der Waals surface area contributed by atoms with E-state index in [1.165, 1.54) is 12.1 Å². The zero-order chi connectivity index (χ0) is 20.4. The molecule has 1 amide bonds. The van der Waals surface area contributed by atoms with Gasteiger partial charge in [0, 0.05) is 30.9 Å². The topological polar surface area (TPSA) is 120 Å². The van der Waals surface area contributed by atoms with Crippen LogP contribution in [-0.2, 0) is 14.3 Å². The first-order valence-electron chi connectivity index (χ1n) is 8.59. The van der Waals surface area contributed by atoms with Crippen LogP contribution in [0.25, 0.3) is 0 Å². The van der Waals surface area contributed by atoms with E-state index in [-0.39, 0.29) is 5.69 Å². The predicted octanol–water partition coefficient (Wildman–Crippen LogP) is 2.13. The molecule has 28 heavy (non-hydrogen) atoms. The summed E-state index contributed by atoms with van der Waals surface area (Å²) in [7, 11) is 0. The van der Waals surface area contributed by atoms with Crippen LogP contribution >= 0.6 is 0 Å². The maximum absolute atomic E-state index is 11.9. The molecule has 0 bridgehead atoms. The molecule has 9 nitrogen and oxygen atoms in total. The number of nitro benzene ring substituents is 1. The van der Waals surface area contributed by atoms with Crippen molar-refractivity contribution in [1.29, 1.82) is 0 Å². The zero-order valence-electron chi connectivity index (χ0n) is 15.3. The van der Waals surface area contributed by atoms with Crippen LogP contribution in [0.3, 0.4) is 0 Å². The second kappa shape index (κ2) is 10.5. The number of nitro groups is 1. The van der Waals surface area contributed by atoms with Gasteiger partial charge in [-0.1, -0.05) is 18.2 Å². The Morgan fingerprint density at radius 2 is 1.75 bits per heavy atom. The summed E-state index contributed by atoms with van der Waals surface area (Å²) >= 11 is 0. The molecule has 0 radical (unpaired) electrons. The lowest BCUT2D eigenvalue weighted by Gasteiger charge is -2.14. The van der Waals surface area contributed by atoms with Gasteiger partial charge < -0.3 is 20.1 Å². The van der Waals surface area contributed by atoms with Gasteiger partial charge in [-0.3, -0.25) is 14.9 Å². The van der Waals surface area contributed by atoms with Gasteiger partial charge in [0.05, 0.1) is 4.92 Å². The number of para-hydroxylation sites is 1. The molecule has 0 saturated carbocycles. The van der Waals surface area contributed by atoms with Crippen LogP contribution < -0.4 is 15.4 Å². The van der Waals surface area contributed by atoms with E-state index in [1.807, 2.05) is 6.07 Å². The highest BCUT2D eigenvalue weighted by molar-refractivity contribution is 5.82. The number of nitrogens with zero attached hydrogens (tertiary/aromatic N) is 1. The largest absolute Gasteiger partial charge is 0.479 e. The van der Waals surface area contributed by atoms with Crippen LogP contribution in [0.5, 0.6) is 5.75 Å². The Bertz CT molecular complexity index is 795. The molecule has 0 spiro atoms. The highest BCUT2D eigenvalue weighted by Crippen LogP contribution is 2.15. The minimum atomic E-state index is -0.834. The third-order valence-electron chi connectivity index (χ3n) is 3.59. The maximum Gasteiger partial charge on any atom is 0.347 e. The van der Waals surface area contributed by atoms with Gasteiger partial charge in [0.1, 0.15) is 5.75 Å². The van der Waals surface area contributed by atoms with Crippen molar-refractivity contribution in [3.8, 4) is 5.75 Å². The fourth-order valence-electron chi connectivity index (χ4n) is 2.17. The van der Waals surface area contributed by atoms with Crippen LogP contribution in [0, 0.1) is 10.1 Å². The molecule has 0 unspecified atom stereocenters. The summed E-state index contributed by atoms with van der Waals surface area (Å²) in [5.41, 5.74) is 0.698. The molecule has 148 valence electrons.